The van der Waals surface area contributed by atoms with E-state index in [-0.39, 0.29) is 17.2 Å². The van der Waals surface area contributed by atoms with Gasteiger partial charge in [-0.25, -0.2) is 13.1 Å². The van der Waals surface area contributed by atoms with Gasteiger partial charge >= 0.3 is 0 Å². The molecule has 2 aromatic rings. The molecule has 1 saturated heterocycles. The Bertz CT molecular complexity index is 861. The number of hydrogen-bond donors (Lipinski definition) is 1. The molecule has 24 heavy (non-hydrogen) atoms. The zero-order valence-electron chi connectivity index (χ0n) is 13.5. The van der Waals surface area contributed by atoms with Crippen LogP contribution in [-0.4, -0.2) is 48.3 Å². The fourth-order valence-electron chi connectivity index (χ4n) is 2.82. The first kappa shape index (κ1) is 16.5. The SMILES string of the molecule is COc1cn(-c2ccccc2)nc1C(=O)N[C@]1(C)CCS(=O)(=O)C1. The van der Waals surface area contributed by atoms with Crippen LogP contribution in [0.4, 0.5) is 0 Å². The van der Waals surface area contributed by atoms with Gasteiger partial charge in [0, 0.05) is 0 Å². The van der Waals surface area contributed by atoms with Crippen molar-refractivity contribution in [1.29, 1.82) is 0 Å². The predicted molar refractivity (Wildman–Crippen MR) is 89.3 cm³/mol. The highest BCUT2D eigenvalue weighted by molar-refractivity contribution is 7.91. The number of amides is 1. The number of para-hydroxylation sites is 1. The summed E-state index contributed by atoms with van der Waals surface area (Å²) >= 11 is 0. The van der Waals surface area contributed by atoms with Crippen molar-refractivity contribution in [3.8, 4) is 11.4 Å². The lowest BCUT2D eigenvalue weighted by Gasteiger charge is -2.23. The van der Waals surface area contributed by atoms with Crippen LogP contribution in [-0.2, 0) is 9.84 Å². The summed E-state index contributed by atoms with van der Waals surface area (Å²) in [6, 6.07) is 9.35. The minimum atomic E-state index is -3.11. The van der Waals surface area contributed by atoms with E-state index in [1.165, 1.54) is 7.11 Å². The van der Waals surface area contributed by atoms with Gasteiger partial charge in [-0.1, -0.05) is 18.2 Å². The van der Waals surface area contributed by atoms with Gasteiger partial charge in [0.25, 0.3) is 5.91 Å². The number of aromatic nitrogens is 2. The number of ether oxygens (including phenoxy) is 1. The molecule has 1 aromatic heterocycles. The van der Waals surface area contributed by atoms with Crippen LogP contribution in [0.3, 0.4) is 0 Å². The lowest BCUT2D eigenvalue weighted by atomic mass is 10.0. The quantitative estimate of drug-likeness (QED) is 0.895. The maximum absolute atomic E-state index is 12.6. The summed E-state index contributed by atoms with van der Waals surface area (Å²) in [6.07, 6.45) is 2.01. The first-order valence-electron chi connectivity index (χ1n) is 7.54. The van der Waals surface area contributed by atoms with Crippen LogP contribution in [0.2, 0.25) is 0 Å². The maximum Gasteiger partial charge on any atom is 0.276 e. The number of benzene rings is 1. The van der Waals surface area contributed by atoms with Crippen molar-refractivity contribution >= 4 is 15.7 Å². The fraction of sp³-hybridized carbons (Fsp3) is 0.375. The molecule has 0 radical (unpaired) electrons. The van der Waals surface area contributed by atoms with Crippen molar-refractivity contribution in [2.75, 3.05) is 18.6 Å². The molecule has 8 heteroatoms. The van der Waals surface area contributed by atoms with Gasteiger partial charge in [0.15, 0.2) is 21.3 Å². The third-order valence-corrected chi connectivity index (χ3v) is 5.96. The summed E-state index contributed by atoms with van der Waals surface area (Å²) in [5, 5.41) is 7.08. The lowest BCUT2D eigenvalue weighted by Crippen LogP contribution is -2.47. The number of nitrogens with one attached hydrogen (secondary N) is 1. The molecule has 0 aliphatic carbocycles. The van der Waals surface area contributed by atoms with Crippen LogP contribution in [0.15, 0.2) is 36.5 Å². The van der Waals surface area contributed by atoms with E-state index < -0.39 is 21.3 Å². The normalized spacial score (nSPS) is 22.2. The van der Waals surface area contributed by atoms with Gasteiger partial charge in [0.2, 0.25) is 0 Å². The van der Waals surface area contributed by atoms with E-state index in [2.05, 4.69) is 10.4 Å². The molecule has 2 heterocycles. The van der Waals surface area contributed by atoms with E-state index in [1.54, 1.807) is 17.8 Å². The highest BCUT2D eigenvalue weighted by atomic mass is 32.2. The monoisotopic (exact) mass is 349 g/mol. The first-order chi connectivity index (χ1) is 11.3. The van der Waals surface area contributed by atoms with Crippen molar-refractivity contribution in [3.63, 3.8) is 0 Å². The number of sulfone groups is 1. The molecule has 0 bridgehead atoms. The minimum Gasteiger partial charge on any atom is -0.493 e. The minimum absolute atomic E-state index is 0.0621. The van der Waals surface area contributed by atoms with Crippen LogP contribution >= 0.6 is 0 Å². The molecule has 0 unspecified atom stereocenters. The van der Waals surface area contributed by atoms with Crippen molar-refractivity contribution < 1.29 is 17.9 Å². The Morgan fingerprint density at radius 2 is 2.04 bits per heavy atom. The zero-order chi connectivity index (χ0) is 17.4. The highest BCUT2D eigenvalue weighted by Gasteiger charge is 2.40. The van der Waals surface area contributed by atoms with Gasteiger partial charge in [-0.05, 0) is 25.5 Å². The number of methoxy groups -OCH3 is 1. The van der Waals surface area contributed by atoms with Gasteiger partial charge in [0.05, 0.1) is 36.0 Å². The molecule has 1 aliphatic rings. The van der Waals surface area contributed by atoms with Crippen molar-refractivity contribution in [2.24, 2.45) is 0 Å². The summed E-state index contributed by atoms with van der Waals surface area (Å²) in [7, 11) is -1.64. The van der Waals surface area contributed by atoms with Gasteiger partial charge < -0.3 is 10.1 Å². The Morgan fingerprint density at radius 1 is 1.33 bits per heavy atom. The molecule has 1 aromatic carbocycles. The summed E-state index contributed by atoms with van der Waals surface area (Å²) in [5.41, 5.74) is 0.147. The molecule has 1 N–H and O–H groups in total. The molecule has 0 spiro atoms. The molecule has 1 amide bonds. The summed E-state index contributed by atoms with van der Waals surface area (Å²) in [6.45, 7) is 1.73. The molecule has 1 fully saturated rings. The molecule has 7 nitrogen and oxygen atoms in total. The van der Waals surface area contributed by atoms with Crippen molar-refractivity contribution in [1.82, 2.24) is 15.1 Å². The van der Waals surface area contributed by atoms with E-state index in [4.69, 9.17) is 4.74 Å². The zero-order valence-corrected chi connectivity index (χ0v) is 14.3. The van der Waals surface area contributed by atoms with E-state index in [1.807, 2.05) is 30.3 Å². The standard InChI is InChI=1S/C16H19N3O4S/c1-16(8-9-24(21,22)11-16)17-15(20)14-13(23-2)10-19(18-14)12-6-4-3-5-7-12/h3-7,10H,8-9,11H2,1-2H3,(H,17,20)/t16-/m1/s1. The van der Waals surface area contributed by atoms with E-state index in [0.29, 0.717) is 12.2 Å². The summed E-state index contributed by atoms with van der Waals surface area (Å²) < 4.78 is 30.2. The van der Waals surface area contributed by atoms with E-state index >= 15 is 0 Å². The number of rotatable bonds is 4. The second-order valence-electron chi connectivity index (χ2n) is 6.18. The molecular weight excluding hydrogens is 330 g/mol. The van der Waals surface area contributed by atoms with E-state index in [9.17, 15) is 13.2 Å². The number of carbonyl (C=O) groups is 1. The number of hydrogen-bond acceptors (Lipinski definition) is 5. The third kappa shape index (κ3) is 3.28. The Morgan fingerprint density at radius 3 is 2.62 bits per heavy atom. The first-order valence-corrected chi connectivity index (χ1v) is 9.36. The fourth-order valence-corrected chi connectivity index (χ4v) is 4.91. The molecule has 1 atom stereocenters. The number of nitrogens with zero attached hydrogens (tertiary/aromatic N) is 2. The average molecular weight is 349 g/mol. The lowest BCUT2D eigenvalue weighted by molar-refractivity contribution is 0.0907. The molecular formula is C16H19N3O4S. The summed E-state index contributed by atoms with van der Waals surface area (Å²) in [5.74, 6) is -0.0887. The van der Waals surface area contributed by atoms with Gasteiger partial charge in [-0.15, -0.1) is 0 Å². The Labute approximate surface area is 140 Å². The second-order valence-corrected chi connectivity index (χ2v) is 8.37. The Balaban J connectivity index is 1.86. The van der Waals surface area contributed by atoms with Gasteiger partial charge in [0.1, 0.15) is 0 Å². The van der Waals surface area contributed by atoms with Crippen molar-refractivity contribution in [2.45, 2.75) is 18.9 Å². The van der Waals surface area contributed by atoms with Crippen LogP contribution in [0.5, 0.6) is 5.75 Å². The topological polar surface area (TPSA) is 90.3 Å². The maximum atomic E-state index is 12.6. The smallest absolute Gasteiger partial charge is 0.276 e. The largest absolute Gasteiger partial charge is 0.493 e. The Hall–Kier alpha value is -2.35. The molecule has 1 aliphatic heterocycles. The summed E-state index contributed by atoms with van der Waals surface area (Å²) in [4.78, 5) is 12.6. The predicted octanol–water partition coefficient (Wildman–Crippen LogP) is 1.19. The average Bonchev–Trinajstić information content (AvgIpc) is 3.09. The molecule has 0 saturated carbocycles. The Kier molecular flexibility index (Phi) is 4.08. The van der Waals surface area contributed by atoms with Crippen LogP contribution < -0.4 is 10.1 Å². The number of carbonyl (C=O) groups excluding carboxylic acids is 1. The van der Waals surface area contributed by atoms with Crippen LogP contribution in [0.25, 0.3) is 5.69 Å². The van der Waals surface area contributed by atoms with Crippen LogP contribution in [0, 0.1) is 0 Å². The van der Waals surface area contributed by atoms with Crippen molar-refractivity contribution in [3.05, 3.63) is 42.2 Å². The van der Waals surface area contributed by atoms with Gasteiger partial charge in [-0.3, -0.25) is 4.79 Å². The second kappa shape index (κ2) is 5.94. The third-order valence-electron chi connectivity index (χ3n) is 4.06. The highest BCUT2D eigenvalue weighted by Crippen LogP contribution is 2.25. The van der Waals surface area contributed by atoms with Gasteiger partial charge in [-0.2, -0.15) is 5.10 Å². The molecule has 3 rings (SSSR count). The van der Waals surface area contributed by atoms with E-state index in [0.717, 1.165) is 5.69 Å². The molecule has 128 valence electrons. The van der Waals surface area contributed by atoms with Crippen LogP contribution in [0.1, 0.15) is 23.8 Å².